The maximum absolute atomic E-state index is 12.0. The molecule has 0 aliphatic carbocycles. The quantitative estimate of drug-likeness (QED) is 0.0205. The molecule has 0 saturated heterocycles. The lowest BCUT2D eigenvalue weighted by Gasteiger charge is -2.38. The van der Waals surface area contributed by atoms with E-state index in [0.717, 1.165) is 51.4 Å². The molecule has 0 amide bonds. The van der Waals surface area contributed by atoms with Crippen LogP contribution < -0.4 is 0 Å². The van der Waals surface area contributed by atoms with Crippen molar-refractivity contribution in [3.05, 3.63) is 48.4 Å². The zero-order chi connectivity index (χ0) is 31.5. The predicted molar refractivity (Wildman–Crippen MR) is 167 cm³/mol. The molecule has 0 bridgehead atoms. The van der Waals surface area contributed by atoms with Crippen LogP contribution in [0.2, 0.25) is 0 Å². The summed E-state index contributed by atoms with van der Waals surface area (Å²) in [6, 6.07) is 11.0. The zero-order valence-corrected chi connectivity index (χ0v) is 27.2. The van der Waals surface area contributed by atoms with E-state index in [1.54, 1.807) is 30.3 Å². The van der Waals surface area contributed by atoms with Gasteiger partial charge in [-0.05, 0) is 25.8 Å². The molecule has 0 fully saturated rings. The van der Waals surface area contributed by atoms with E-state index in [1.165, 1.54) is 38.5 Å². The highest BCUT2D eigenvalue weighted by atomic mass is 31.2. The first kappa shape index (κ1) is 37.8. The Bertz CT molecular complexity index is 1000. The van der Waals surface area contributed by atoms with Crippen LogP contribution in [0.15, 0.2) is 42.9 Å². The number of phosphoric acid groups is 1. The number of quaternary nitrogens is 1. The number of unbranched alkanes of at least 4 members (excludes halogenated alkanes) is 10. The van der Waals surface area contributed by atoms with Gasteiger partial charge >= 0.3 is 7.82 Å². The molecule has 10 heteroatoms. The van der Waals surface area contributed by atoms with Crippen molar-refractivity contribution in [3.63, 3.8) is 0 Å². The van der Waals surface area contributed by atoms with Crippen molar-refractivity contribution in [2.24, 2.45) is 5.92 Å². The van der Waals surface area contributed by atoms with Crippen LogP contribution in [0.3, 0.4) is 0 Å². The van der Waals surface area contributed by atoms with E-state index in [0.29, 0.717) is 12.0 Å². The number of hydrogen-bond acceptors (Lipinski definition) is 6. The third-order valence-electron chi connectivity index (χ3n) is 6.97. The fraction of sp³-hybridized carbons (Fsp3) is 0.688. The third kappa shape index (κ3) is 17.7. The van der Waals surface area contributed by atoms with Gasteiger partial charge in [-0.15, -0.1) is 0 Å². The summed E-state index contributed by atoms with van der Waals surface area (Å²) in [5, 5.41) is 17.7. The van der Waals surface area contributed by atoms with E-state index in [2.05, 4.69) is 19.6 Å². The van der Waals surface area contributed by atoms with E-state index in [9.17, 15) is 19.6 Å². The standard InChI is InChI=1S/C32H54N3O6P/c1-6-7-8-9-10-12-16-21-29(26-33)22-17-13-11-14-20-25-31(34)39-28(2)40-32(27-35(3,4)5,41-42(36,37)38)30-23-18-15-19-24-30/h15,18-19,23-24,29,34H,2,6-14,16-17,20-22,25,27H2,1,3-5H3,(H-,36,37,38)/p+1. The number of benzene rings is 1. The first-order valence-corrected chi connectivity index (χ1v) is 17.0. The fourth-order valence-corrected chi connectivity index (χ4v) is 5.60. The summed E-state index contributed by atoms with van der Waals surface area (Å²) in [5.41, 5.74) is 0.388. The van der Waals surface area contributed by atoms with Crippen molar-refractivity contribution in [2.75, 3.05) is 27.7 Å². The third-order valence-corrected chi connectivity index (χ3v) is 7.51. The number of hydrogen-bond donors (Lipinski definition) is 3. The Morgan fingerprint density at radius 3 is 2.00 bits per heavy atom. The van der Waals surface area contributed by atoms with Gasteiger partial charge in [0, 0.05) is 17.9 Å². The Labute approximate surface area is 254 Å². The van der Waals surface area contributed by atoms with Gasteiger partial charge < -0.3 is 23.7 Å². The van der Waals surface area contributed by atoms with E-state index in [1.807, 2.05) is 21.1 Å². The van der Waals surface area contributed by atoms with E-state index in [4.69, 9.17) is 19.4 Å². The highest BCUT2D eigenvalue weighted by Gasteiger charge is 2.47. The van der Waals surface area contributed by atoms with Gasteiger partial charge in [0.1, 0.15) is 6.54 Å². The van der Waals surface area contributed by atoms with Gasteiger partial charge in [-0.2, -0.15) is 5.26 Å². The minimum Gasteiger partial charge on any atom is -0.422 e. The minimum absolute atomic E-state index is 0.0313. The van der Waals surface area contributed by atoms with Crippen LogP contribution in [-0.4, -0.2) is 47.9 Å². The van der Waals surface area contributed by atoms with Crippen molar-refractivity contribution >= 4 is 13.7 Å². The van der Waals surface area contributed by atoms with Gasteiger partial charge in [0.25, 0.3) is 11.7 Å². The largest absolute Gasteiger partial charge is 0.473 e. The van der Waals surface area contributed by atoms with Crippen LogP contribution in [-0.2, 0) is 24.3 Å². The normalized spacial score (nSPS) is 14.0. The first-order valence-electron chi connectivity index (χ1n) is 15.5. The predicted octanol–water partition coefficient (Wildman–Crippen LogP) is 8.15. The monoisotopic (exact) mass is 608 g/mol. The second kappa shape index (κ2) is 19.9. The summed E-state index contributed by atoms with van der Waals surface area (Å²) in [4.78, 5) is 19.4. The average molecular weight is 609 g/mol. The van der Waals surface area contributed by atoms with Crippen LogP contribution in [0.25, 0.3) is 0 Å². The molecule has 2 atom stereocenters. The summed E-state index contributed by atoms with van der Waals surface area (Å²) < 4.78 is 28.8. The average Bonchev–Trinajstić information content (AvgIpc) is 2.89. The Balaban J connectivity index is 2.45. The van der Waals surface area contributed by atoms with Gasteiger partial charge in [-0.1, -0.05) is 108 Å². The minimum atomic E-state index is -4.98. The summed E-state index contributed by atoms with van der Waals surface area (Å²) in [6.07, 6.45) is 16.0. The maximum Gasteiger partial charge on any atom is 0.473 e. The molecular formula is C32H55N3O6P+. The molecule has 0 radical (unpaired) electrons. The number of nitrogens with zero attached hydrogens (tertiary/aromatic N) is 2. The first-order chi connectivity index (χ1) is 19.8. The molecule has 42 heavy (non-hydrogen) atoms. The topological polar surface area (TPSA) is 133 Å². The number of nitriles is 1. The van der Waals surface area contributed by atoms with Crippen LogP contribution >= 0.6 is 7.82 Å². The van der Waals surface area contributed by atoms with E-state index in [-0.39, 0.29) is 28.8 Å². The number of likely N-dealkylation sites (N-methyl/N-ethyl adjacent to an activating group) is 1. The van der Waals surface area contributed by atoms with Gasteiger partial charge in [-0.25, -0.2) is 9.09 Å². The molecule has 2 unspecified atom stereocenters. The summed E-state index contributed by atoms with van der Waals surface area (Å²) >= 11 is 0. The summed E-state index contributed by atoms with van der Waals surface area (Å²) in [6.45, 7) is 6.01. The van der Waals surface area contributed by atoms with Crippen LogP contribution in [0, 0.1) is 22.7 Å². The smallest absolute Gasteiger partial charge is 0.422 e. The van der Waals surface area contributed by atoms with Gasteiger partial charge in [0.05, 0.1) is 27.2 Å². The Kier molecular flexibility index (Phi) is 17.9. The second-order valence-electron chi connectivity index (χ2n) is 12.2. The highest BCUT2D eigenvalue weighted by Crippen LogP contribution is 2.47. The van der Waals surface area contributed by atoms with Crippen molar-refractivity contribution in [1.29, 1.82) is 10.7 Å². The summed E-state index contributed by atoms with van der Waals surface area (Å²) in [7, 11) is 0.535. The highest BCUT2D eigenvalue weighted by molar-refractivity contribution is 7.46. The lowest BCUT2D eigenvalue weighted by Crippen LogP contribution is -2.50. The van der Waals surface area contributed by atoms with E-state index < -0.39 is 13.6 Å². The molecule has 0 spiro atoms. The molecule has 1 aromatic carbocycles. The van der Waals surface area contributed by atoms with Crippen LogP contribution in [0.1, 0.15) is 109 Å². The molecule has 0 aromatic heterocycles. The van der Waals surface area contributed by atoms with Gasteiger partial charge in [0.2, 0.25) is 0 Å². The van der Waals surface area contributed by atoms with Crippen molar-refractivity contribution in [1.82, 2.24) is 0 Å². The van der Waals surface area contributed by atoms with Gasteiger partial charge in [0.15, 0.2) is 5.90 Å². The molecule has 0 saturated carbocycles. The van der Waals surface area contributed by atoms with Crippen molar-refractivity contribution in [3.8, 4) is 6.07 Å². The molecule has 1 aromatic rings. The Hall–Kier alpha value is -2.21. The molecule has 0 aliphatic rings. The molecule has 3 N–H and O–H groups in total. The Morgan fingerprint density at radius 2 is 1.50 bits per heavy atom. The molecular weight excluding hydrogens is 553 g/mol. The van der Waals surface area contributed by atoms with Gasteiger partial charge in [-0.3, -0.25) is 5.41 Å². The number of phosphoric ester groups is 1. The molecule has 1 rings (SSSR count). The molecule has 9 nitrogen and oxygen atoms in total. The number of ether oxygens (including phenoxy) is 2. The zero-order valence-electron chi connectivity index (χ0n) is 26.4. The van der Waals surface area contributed by atoms with E-state index >= 15 is 0 Å². The molecule has 0 aliphatic heterocycles. The molecule has 238 valence electrons. The summed E-state index contributed by atoms with van der Waals surface area (Å²) in [5.74, 6) is -2.04. The lowest BCUT2D eigenvalue weighted by molar-refractivity contribution is -0.881. The lowest BCUT2D eigenvalue weighted by atomic mass is 9.95. The SMILES string of the molecule is C=C(OC(=N)CCCCCCCC(C#N)CCCCCCCCC)OC(C[N+](C)(C)C)(OP(=O)(O)O)c1ccccc1. The van der Waals surface area contributed by atoms with Crippen LogP contribution in [0.4, 0.5) is 0 Å². The second-order valence-corrected chi connectivity index (χ2v) is 13.4. The number of nitrogens with one attached hydrogen (secondary N) is 1. The maximum atomic E-state index is 12.0. The van der Waals surface area contributed by atoms with Crippen LogP contribution in [0.5, 0.6) is 0 Å². The van der Waals surface area contributed by atoms with Crippen molar-refractivity contribution < 1.29 is 32.8 Å². The Morgan fingerprint density at radius 1 is 0.976 bits per heavy atom. The molecule has 0 heterocycles. The fourth-order valence-electron chi connectivity index (χ4n) is 5.01. The number of rotatable bonds is 24. The van der Waals surface area contributed by atoms with Crippen molar-refractivity contribution in [2.45, 2.75) is 109 Å².